The molecule has 2 aromatic heterocycles. The Balaban J connectivity index is 1.64. The topological polar surface area (TPSA) is 31.0 Å². The molecule has 1 fully saturated rings. The number of oxazole rings is 1. The van der Waals surface area contributed by atoms with Crippen LogP contribution in [0.15, 0.2) is 28.7 Å². The van der Waals surface area contributed by atoms with Crippen molar-refractivity contribution in [2.75, 3.05) is 0 Å². The molecular formula is C20H21FN2O. The third-order valence-corrected chi connectivity index (χ3v) is 4.98. The van der Waals surface area contributed by atoms with E-state index in [1.807, 2.05) is 12.2 Å². The van der Waals surface area contributed by atoms with Crippen LogP contribution in [0.2, 0.25) is 0 Å². The van der Waals surface area contributed by atoms with Gasteiger partial charge in [0.05, 0.1) is 0 Å². The second kappa shape index (κ2) is 5.93. The molecule has 1 saturated carbocycles. The Morgan fingerprint density at radius 3 is 2.75 bits per heavy atom. The molecule has 124 valence electrons. The van der Waals surface area contributed by atoms with Gasteiger partial charge in [-0.25, -0.2) is 9.37 Å². The predicted molar refractivity (Wildman–Crippen MR) is 94.3 cm³/mol. The van der Waals surface area contributed by atoms with Crippen molar-refractivity contribution in [1.29, 1.82) is 0 Å². The fraction of sp³-hybridized carbons (Fsp3) is 0.350. The van der Waals surface area contributed by atoms with E-state index in [0.29, 0.717) is 23.0 Å². The summed E-state index contributed by atoms with van der Waals surface area (Å²) in [7, 11) is 0. The van der Waals surface area contributed by atoms with Crippen LogP contribution in [0, 0.1) is 19.7 Å². The number of hydrogen-bond acceptors (Lipinski definition) is 2. The number of fused-ring (bicyclic) bond motifs is 1. The molecule has 0 bridgehead atoms. The molecule has 24 heavy (non-hydrogen) atoms. The van der Waals surface area contributed by atoms with Crippen molar-refractivity contribution in [2.24, 2.45) is 0 Å². The van der Waals surface area contributed by atoms with Crippen molar-refractivity contribution in [3.05, 3.63) is 52.9 Å². The minimum atomic E-state index is -0.300. The van der Waals surface area contributed by atoms with Crippen molar-refractivity contribution < 1.29 is 8.81 Å². The molecule has 0 unspecified atom stereocenters. The normalized spacial score (nSPS) is 16.0. The van der Waals surface area contributed by atoms with Crippen LogP contribution in [0.1, 0.15) is 54.6 Å². The van der Waals surface area contributed by atoms with Crippen LogP contribution >= 0.6 is 0 Å². The number of hydrogen-bond donors (Lipinski definition) is 0. The molecule has 4 heteroatoms. The molecule has 0 atom stereocenters. The van der Waals surface area contributed by atoms with Gasteiger partial charge in [-0.15, -0.1) is 0 Å². The second-order valence-corrected chi connectivity index (χ2v) is 6.63. The van der Waals surface area contributed by atoms with E-state index in [4.69, 9.17) is 4.42 Å². The molecule has 0 radical (unpaired) electrons. The molecule has 3 aromatic rings. The van der Waals surface area contributed by atoms with Crippen LogP contribution < -0.4 is 0 Å². The lowest BCUT2D eigenvalue weighted by Crippen LogP contribution is -2.08. The van der Waals surface area contributed by atoms with Gasteiger partial charge in [0.25, 0.3) is 0 Å². The standard InChI is InChI=1S/C20H21FN2O/c1-13-11-15(14(2)23(13)17-5-3-4-6-17)7-10-20-22-18-12-16(21)8-9-19(18)24-20/h7-12,17H,3-6H2,1-2H3/b10-7+. The van der Waals surface area contributed by atoms with E-state index in [1.165, 1.54) is 54.8 Å². The summed E-state index contributed by atoms with van der Waals surface area (Å²) in [6.07, 6.45) is 9.10. The monoisotopic (exact) mass is 324 g/mol. The van der Waals surface area contributed by atoms with Gasteiger partial charge in [-0.1, -0.05) is 12.8 Å². The Morgan fingerprint density at radius 1 is 1.17 bits per heavy atom. The van der Waals surface area contributed by atoms with Gasteiger partial charge in [0.2, 0.25) is 5.89 Å². The Kier molecular flexibility index (Phi) is 3.75. The molecule has 1 aliphatic carbocycles. The highest BCUT2D eigenvalue weighted by atomic mass is 19.1. The fourth-order valence-corrected chi connectivity index (χ4v) is 3.85. The lowest BCUT2D eigenvalue weighted by atomic mass is 10.2. The smallest absolute Gasteiger partial charge is 0.220 e. The molecule has 1 aromatic carbocycles. The van der Waals surface area contributed by atoms with Crippen LogP contribution in [-0.4, -0.2) is 9.55 Å². The molecule has 0 amide bonds. The van der Waals surface area contributed by atoms with Gasteiger partial charge in [0.1, 0.15) is 11.3 Å². The zero-order chi connectivity index (χ0) is 16.7. The van der Waals surface area contributed by atoms with E-state index in [2.05, 4.69) is 29.5 Å². The van der Waals surface area contributed by atoms with Crippen LogP contribution in [-0.2, 0) is 0 Å². The zero-order valence-electron chi connectivity index (χ0n) is 14.1. The zero-order valence-corrected chi connectivity index (χ0v) is 14.1. The average molecular weight is 324 g/mol. The van der Waals surface area contributed by atoms with Crippen LogP contribution in [0.5, 0.6) is 0 Å². The third kappa shape index (κ3) is 2.66. The first-order valence-corrected chi connectivity index (χ1v) is 8.54. The van der Waals surface area contributed by atoms with Gasteiger partial charge in [0, 0.05) is 29.6 Å². The highest BCUT2D eigenvalue weighted by Crippen LogP contribution is 2.33. The lowest BCUT2D eigenvalue weighted by Gasteiger charge is -2.17. The van der Waals surface area contributed by atoms with Crippen molar-refractivity contribution in [3.8, 4) is 0 Å². The SMILES string of the molecule is Cc1cc(/C=C/c2nc3cc(F)ccc3o2)c(C)n1C1CCCC1. The third-order valence-electron chi connectivity index (χ3n) is 4.98. The van der Waals surface area contributed by atoms with E-state index in [1.54, 1.807) is 6.07 Å². The Hall–Kier alpha value is -2.36. The molecule has 2 heterocycles. The summed E-state index contributed by atoms with van der Waals surface area (Å²) in [5.41, 5.74) is 4.93. The average Bonchev–Trinajstić information content (AvgIpc) is 3.24. The minimum Gasteiger partial charge on any atom is -0.437 e. The molecule has 0 N–H and O–H groups in total. The molecule has 0 saturated heterocycles. The summed E-state index contributed by atoms with van der Waals surface area (Å²) < 4.78 is 21.4. The largest absolute Gasteiger partial charge is 0.437 e. The highest BCUT2D eigenvalue weighted by molar-refractivity contribution is 5.76. The number of benzene rings is 1. The Labute approximate surface area is 140 Å². The maximum Gasteiger partial charge on any atom is 0.220 e. The van der Waals surface area contributed by atoms with E-state index < -0.39 is 0 Å². The molecule has 0 spiro atoms. The molecule has 0 aliphatic heterocycles. The van der Waals surface area contributed by atoms with E-state index >= 15 is 0 Å². The minimum absolute atomic E-state index is 0.300. The highest BCUT2D eigenvalue weighted by Gasteiger charge is 2.20. The quantitative estimate of drug-likeness (QED) is 0.621. The van der Waals surface area contributed by atoms with Gasteiger partial charge >= 0.3 is 0 Å². The lowest BCUT2D eigenvalue weighted by molar-refractivity contribution is 0.500. The molecule has 1 aliphatic rings. The van der Waals surface area contributed by atoms with E-state index in [-0.39, 0.29) is 5.82 Å². The van der Waals surface area contributed by atoms with Gasteiger partial charge < -0.3 is 8.98 Å². The maximum absolute atomic E-state index is 13.2. The van der Waals surface area contributed by atoms with Crippen molar-refractivity contribution in [3.63, 3.8) is 0 Å². The van der Waals surface area contributed by atoms with Gasteiger partial charge in [-0.2, -0.15) is 0 Å². The Morgan fingerprint density at radius 2 is 1.96 bits per heavy atom. The first kappa shape index (κ1) is 15.2. The number of halogens is 1. The number of nitrogens with zero attached hydrogens (tertiary/aromatic N) is 2. The van der Waals surface area contributed by atoms with E-state index in [0.717, 1.165) is 0 Å². The van der Waals surface area contributed by atoms with Gasteiger partial charge in [-0.3, -0.25) is 0 Å². The first-order valence-electron chi connectivity index (χ1n) is 8.54. The summed E-state index contributed by atoms with van der Waals surface area (Å²) in [6, 6.07) is 7.24. The summed E-state index contributed by atoms with van der Waals surface area (Å²) >= 11 is 0. The summed E-state index contributed by atoms with van der Waals surface area (Å²) in [6.45, 7) is 4.34. The first-order chi connectivity index (χ1) is 11.6. The van der Waals surface area contributed by atoms with Crippen LogP contribution in [0.4, 0.5) is 4.39 Å². The number of aromatic nitrogens is 2. The van der Waals surface area contributed by atoms with E-state index in [9.17, 15) is 4.39 Å². The van der Waals surface area contributed by atoms with Crippen molar-refractivity contribution in [1.82, 2.24) is 9.55 Å². The maximum atomic E-state index is 13.2. The van der Waals surface area contributed by atoms with Crippen molar-refractivity contribution in [2.45, 2.75) is 45.6 Å². The predicted octanol–water partition coefficient (Wildman–Crippen LogP) is 5.67. The summed E-state index contributed by atoms with van der Waals surface area (Å²) in [5, 5.41) is 0. The number of rotatable bonds is 3. The summed E-state index contributed by atoms with van der Waals surface area (Å²) in [4.78, 5) is 4.32. The molecule has 4 rings (SSSR count). The summed E-state index contributed by atoms with van der Waals surface area (Å²) in [5.74, 6) is 0.202. The molecular weight excluding hydrogens is 303 g/mol. The second-order valence-electron chi connectivity index (χ2n) is 6.63. The Bertz CT molecular complexity index is 913. The fourth-order valence-electron chi connectivity index (χ4n) is 3.85. The van der Waals surface area contributed by atoms with Gasteiger partial charge in [-0.05, 0) is 56.5 Å². The number of aryl methyl sites for hydroxylation is 1. The molecule has 3 nitrogen and oxygen atoms in total. The van der Waals surface area contributed by atoms with Crippen LogP contribution in [0.3, 0.4) is 0 Å². The van der Waals surface area contributed by atoms with Crippen molar-refractivity contribution >= 4 is 23.3 Å². The van der Waals surface area contributed by atoms with Crippen LogP contribution in [0.25, 0.3) is 23.3 Å². The van der Waals surface area contributed by atoms with Gasteiger partial charge in [0.15, 0.2) is 5.58 Å².